The van der Waals surface area contributed by atoms with Crippen LogP contribution in [0.3, 0.4) is 0 Å². The average Bonchev–Trinajstić information content (AvgIpc) is 3.08. The fourth-order valence-corrected chi connectivity index (χ4v) is 2.76. The number of tetrazole rings is 1. The van der Waals surface area contributed by atoms with Crippen molar-refractivity contribution in [3.63, 3.8) is 0 Å². The first-order valence-electron chi connectivity index (χ1n) is 7.80. The molecule has 1 aliphatic rings. The first-order chi connectivity index (χ1) is 11.1. The van der Waals surface area contributed by atoms with E-state index in [1.165, 1.54) is 4.80 Å². The van der Waals surface area contributed by atoms with E-state index in [1.54, 1.807) is 7.05 Å². The van der Waals surface area contributed by atoms with Crippen molar-refractivity contribution in [1.29, 1.82) is 0 Å². The summed E-state index contributed by atoms with van der Waals surface area (Å²) < 4.78 is 6.11. The topological polar surface area (TPSA) is 72.2 Å². The van der Waals surface area contributed by atoms with Crippen LogP contribution in [0.4, 0.5) is 0 Å². The third kappa shape index (κ3) is 4.46. The predicted octanol–water partition coefficient (Wildman–Crippen LogP) is 0.320. The van der Waals surface area contributed by atoms with E-state index >= 15 is 0 Å². The van der Waals surface area contributed by atoms with Crippen LogP contribution in [-0.2, 0) is 20.1 Å². The number of aromatic nitrogens is 5. The molecule has 0 aromatic carbocycles. The van der Waals surface area contributed by atoms with Gasteiger partial charge in [0.15, 0.2) is 5.82 Å². The van der Waals surface area contributed by atoms with Crippen LogP contribution >= 0.6 is 0 Å². The minimum Gasteiger partial charge on any atom is -0.489 e. The van der Waals surface area contributed by atoms with E-state index in [2.05, 4.69) is 30.2 Å². The SMILES string of the molecule is CN(C)Cc1cc(OC2CCN(Cc3nnn(C)n3)C2)ccn1. The van der Waals surface area contributed by atoms with E-state index in [1.807, 2.05) is 32.4 Å². The molecule has 8 heteroatoms. The van der Waals surface area contributed by atoms with Gasteiger partial charge in [-0.2, -0.15) is 4.80 Å². The van der Waals surface area contributed by atoms with Crippen molar-refractivity contribution >= 4 is 0 Å². The molecule has 0 spiro atoms. The Morgan fingerprint density at radius 3 is 3.00 bits per heavy atom. The van der Waals surface area contributed by atoms with Gasteiger partial charge in [0.05, 0.1) is 19.3 Å². The van der Waals surface area contributed by atoms with E-state index in [0.29, 0.717) is 0 Å². The van der Waals surface area contributed by atoms with Gasteiger partial charge in [-0.1, -0.05) is 0 Å². The zero-order chi connectivity index (χ0) is 16.2. The number of hydrogen-bond acceptors (Lipinski definition) is 7. The first kappa shape index (κ1) is 15.8. The molecule has 0 bridgehead atoms. The van der Waals surface area contributed by atoms with Gasteiger partial charge in [0.25, 0.3) is 0 Å². The minimum atomic E-state index is 0.196. The molecule has 0 saturated carbocycles. The van der Waals surface area contributed by atoms with Crippen LogP contribution in [0, 0.1) is 0 Å². The number of rotatable bonds is 6. The summed E-state index contributed by atoms with van der Waals surface area (Å²) in [6, 6.07) is 3.94. The number of pyridine rings is 1. The van der Waals surface area contributed by atoms with E-state index in [-0.39, 0.29) is 6.10 Å². The Labute approximate surface area is 136 Å². The number of hydrogen-bond donors (Lipinski definition) is 0. The van der Waals surface area contributed by atoms with Crippen LogP contribution in [0.5, 0.6) is 5.75 Å². The minimum absolute atomic E-state index is 0.196. The van der Waals surface area contributed by atoms with Crippen LogP contribution in [0.2, 0.25) is 0 Å². The van der Waals surface area contributed by atoms with Crippen molar-refractivity contribution in [2.45, 2.75) is 25.6 Å². The van der Waals surface area contributed by atoms with Crippen molar-refractivity contribution in [2.75, 3.05) is 27.2 Å². The van der Waals surface area contributed by atoms with E-state index in [0.717, 1.165) is 49.9 Å². The molecule has 1 unspecified atom stereocenters. The fraction of sp³-hybridized carbons (Fsp3) is 0.600. The molecule has 3 heterocycles. The highest BCUT2D eigenvalue weighted by molar-refractivity contribution is 5.23. The summed E-state index contributed by atoms with van der Waals surface area (Å²) in [7, 11) is 5.84. The summed E-state index contributed by atoms with van der Waals surface area (Å²) in [6.07, 6.45) is 3.01. The molecule has 2 aromatic rings. The van der Waals surface area contributed by atoms with E-state index in [9.17, 15) is 0 Å². The molecule has 2 aromatic heterocycles. The maximum atomic E-state index is 6.11. The highest BCUT2D eigenvalue weighted by Crippen LogP contribution is 2.19. The zero-order valence-corrected chi connectivity index (χ0v) is 13.9. The quantitative estimate of drug-likeness (QED) is 0.760. The van der Waals surface area contributed by atoms with Crippen molar-refractivity contribution in [3.8, 4) is 5.75 Å². The molecule has 0 amide bonds. The normalized spacial score (nSPS) is 18.7. The molecule has 0 aliphatic carbocycles. The summed E-state index contributed by atoms with van der Waals surface area (Å²) in [5.41, 5.74) is 1.02. The van der Waals surface area contributed by atoms with Gasteiger partial charge in [-0.25, -0.2) is 0 Å². The molecule has 8 nitrogen and oxygen atoms in total. The number of ether oxygens (including phenoxy) is 1. The molecule has 23 heavy (non-hydrogen) atoms. The highest BCUT2D eigenvalue weighted by atomic mass is 16.5. The summed E-state index contributed by atoms with van der Waals surface area (Å²) in [5, 5.41) is 12.1. The van der Waals surface area contributed by atoms with Crippen LogP contribution in [0.15, 0.2) is 18.3 Å². The van der Waals surface area contributed by atoms with Gasteiger partial charge in [-0.3, -0.25) is 9.88 Å². The maximum absolute atomic E-state index is 6.11. The number of nitrogens with zero attached hydrogens (tertiary/aromatic N) is 7. The third-order valence-electron chi connectivity index (χ3n) is 3.71. The summed E-state index contributed by atoms with van der Waals surface area (Å²) in [6.45, 7) is 3.39. The molecule has 3 rings (SSSR count). The first-order valence-corrected chi connectivity index (χ1v) is 7.80. The lowest BCUT2D eigenvalue weighted by Crippen LogP contribution is -2.25. The Kier molecular flexibility index (Phi) is 4.82. The lowest BCUT2D eigenvalue weighted by atomic mass is 10.3. The Bertz CT molecular complexity index is 642. The Morgan fingerprint density at radius 1 is 1.39 bits per heavy atom. The van der Waals surface area contributed by atoms with E-state index in [4.69, 9.17) is 4.74 Å². The van der Waals surface area contributed by atoms with Gasteiger partial charge in [0.1, 0.15) is 11.9 Å². The average molecular weight is 317 g/mol. The summed E-state index contributed by atoms with van der Waals surface area (Å²) >= 11 is 0. The molecule has 1 saturated heterocycles. The second kappa shape index (κ2) is 7.01. The van der Waals surface area contributed by atoms with Crippen molar-refractivity contribution < 1.29 is 4.74 Å². The van der Waals surface area contributed by atoms with Crippen LogP contribution in [0.1, 0.15) is 17.9 Å². The second-order valence-electron chi connectivity index (χ2n) is 6.18. The Hall–Kier alpha value is -2.06. The predicted molar refractivity (Wildman–Crippen MR) is 84.7 cm³/mol. The Balaban J connectivity index is 1.53. The summed E-state index contributed by atoms with van der Waals surface area (Å²) in [4.78, 5) is 10.2. The van der Waals surface area contributed by atoms with Gasteiger partial charge >= 0.3 is 0 Å². The molecule has 1 fully saturated rings. The third-order valence-corrected chi connectivity index (χ3v) is 3.71. The maximum Gasteiger partial charge on any atom is 0.188 e. The van der Waals surface area contributed by atoms with E-state index < -0.39 is 0 Å². The molecular weight excluding hydrogens is 294 g/mol. The van der Waals surface area contributed by atoms with Crippen LogP contribution < -0.4 is 4.74 Å². The van der Waals surface area contributed by atoms with Gasteiger partial charge in [0, 0.05) is 31.9 Å². The molecular formula is C15H23N7O. The molecule has 0 N–H and O–H groups in total. The monoisotopic (exact) mass is 317 g/mol. The van der Waals surface area contributed by atoms with Gasteiger partial charge in [-0.15, -0.1) is 10.2 Å². The molecule has 1 aliphatic heterocycles. The lowest BCUT2D eigenvalue weighted by Gasteiger charge is -2.16. The standard InChI is InChI=1S/C15H23N7O/c1-20(2)9-12-8-13(4-6-16-12)23-14-5-7-22(10-14)11-15-17-19-21(3)18-15/h4,6,8,14H,5,7,9-11H2,1-3H3. The van der Waals surface area contributed by atoms with Crippen molar-refractivity contribution in [2.24, 2.45) is 7.05 Å². The molecule has 0 radical (unpaired) electrons. The lowest BCUT2D eigenvalue weighted by molar-refractivity contribution is 0.196. The van der Waals surface area contributed by atoms with Crippen molar-refractivity contribution in [1.82, 2.24) is 35.0 Å². The smallest absolute Gasteiger partial charge is 0.188 e. The number of aryl methyl sites for hydroxylation is 1. The second-order valence-corrected chi connectivity index (χ2v) is 6.18. The van der Waals surface area contributed by atoms with Crippen molar-refractivity contribution in [3.05, 3.63) is 29.8 Å². The van der Waals surface area contributed by atoms with Gasteiger partial charge in [0.2, 0.25) is 0 Å². The van der Waals surface area contributed by atoms with Gasteiger partial charge < -0.3 is 9.64 Å². The largest absolute Gasteiger partial charge is 0.489 e. The highest BCUT2D eigenvalue weighted by Gasteiger charge is 2.25. The van der Waals surface area contributed by atoms with Crippen LogP contribution in [0.25, 0.3) is 0 Å². The summed E-state index contributed by atoms with van der Waals surface area (Å²) in [5.74, 6) is 1.65. The zero-order valence-electron chi connectivity index (χ0n) is 13.9. The van der Waals surface area contributed by atoms with Crippen LogP contribution in [-0.4, -0.2) is 68.3 Å². The molecule has 1 atom stereocenters. The van der Waals surface area contributed by atoms with Gasteiger partial charge in [-0.05, 0) is 31.8 Å². The molecule has 124 valence electrons. The number of likely N-dealkylation sites (tertiary alicyclic amines) is 1. The Morgan fingerprint density at radius 2 is 2.26 bits per heavy atom. The fourth-order valence-electron chi connectivity index (χ4n) is 2.76.